The number of carbonyl (C=O) groups excluding carboxylic acids is 3. The highest BCUT2D eigenvalue weighted by atomic mass is 16.7. The quantitative estimate of drug-likeness (QED) is 0.510. The van der Waals surface area contributed by atoms with Gasteiger partial charge in [-0.05, 0) is 0 Å². The maximum absolute atomic E-state index is 11.2. The average Bonchev–Trinajstić information content (AvgIpc) is 2.41. The third-order valence-electron chi connectivity index (χ3n) is 2.91. The highest BCUT2D eigenvalue weighted by molar-refractivity contribution is 5.67. The van der Waals surface area contributed by atoms with Crippen LogP contribution in [0.15, 0.2) is 0 Å². The molecule has 0 aromatic heterocycles. The molecule has 5 atom stereocenters. The van der Waals surface area contributed by atoms with Gasteiger partial charge < -0.3 is 28.8 Å². The predicted molar refractivity (Wildman–Crippen MR) is 69.4 cm³/mol. The van der Waals surface area contributed by atoms with E-state index in [9.17, 15) is 19.5 Å². The number of aliphatic hydroxyl groups is 1. The molecule has 126 valence electrons. The summed E-state index contributed by atoms with van der Waals surface area (Å²) in [6.45, 7) is 3.25. The first-order chi connectivity index (χ1) is 10.3. The summed E-state index contributed by atoms with van der Waals surface area (Å²) in [5.74, 6) is -1.89. The van der Waals surface area contributed by atoms with Gasteiger partial charge >= 0.3 is 17.9 Å². The topological polar surface area (TPSA) is 118 Å². The van der Waals surface area contributed by atoms with Gasteiger partial charge in [0.05, 0.1) is 0 Å². The van der Waals surface area contributed by atoms with E-state index in [1.54, 1.807) is 0 Å². The second-order valence-electron chi connectivity index (χ2n) is 4.72. The van der Waals surface area contributed by atoms with E-state index in [0.29, 0.717) is 0 Å². The monoisotopic (exact) mass is 320 g/mol. The summed E-state index contributed by atoms with van der Waals surface area (Å²) in [5, 5.41) is 10.2. The molecule has 1 aliphatic rings. The van der Waals surface area contributed by atoms with Crippen molar-refractivity contribution < 1.29 is 43.2 Å². The summed E-state index contributed by atoms with van der Waals surface area (Å²) < 4.78 is 25.3. The number of carbonyl (C=O) groups is 3. The second-order valence-corrected chi connectivity index (χ2v) is 4.72. The Bertz CT molecular complexity index is 422. The zero-order valence-corrected chi connectivity index (χ0v) is 12.8. The molecule has 9 heteroatoms. The van der Waals surface area contributed by atoms with Crippen LogP contribution < -0.4 is 0 Å². The van der Waals surface area contributed by atoms with E-state index >= 15 is 0 Å². The maximum Gasteiger partial charge on any atom is 0.303 e. The fraction of sp³-hybridized carbons (Fsp3) is 0.769. The molecule has 1 heterocycles. The lowest BCUT2D eigenvalue weighted by Crippen LogP contribution is -2.61. The van der Waals surface area contributed by atoms with Gasteiger partial charge in [0.25, 0.3) is 0 Å². The van der Waals surface area contributed by atoms with E-state index in [2.05, 4.69) is 0 Å². The minimum atomic E-state index is -1.36. The van der Waals surface area contributed by atoms with Crippen molar-refractivity contribution >= 4 is 17.9 Å². The van der Waals surface area contributed by atoms with Gasteiger partial charge in [0.2, 0.25) is 0 Å². The lowest BCUT2D eigenvalue weighted by molar-refractivity contribution is -0.300. The smallest absolute Gasteiger partial charge is 0.303 e. The van der Waals surface area contributed by atoms with Crippen molar-refractivity contribution in [2.24, 2.45) is 0 Å². The molecule has 1 N–H and O–H groups in total. The Morgan fingerprint density at radius 1 is 1.00 bits per heavy atom. The standard InChI is InChI=1S/C13H20O9/c1-6(14)19-5-9-10(17)11(20-7(2)15)12(21-8(3)16)13(18-4)22-9/h9-13,17H,5H2,1-4H3/t9-,10+,11+,12-,13+/m1/s1. The van der Waals surface area contributed by atoms with Crippen molar-refractivity contribution in [1.29, 1.82) is 0 Å². The molecule has 1 aliphatic heterocycles. The molecule has 0 aromatic rings. The summed E-state index contributed by atoms with van der Waals surface area (Å²) in [5.41, 5.74) is 0. The number of methoxy groups -OCH3 is 1. The third kappa shape index (κ3) is 4.93. The Morgan fingerprint density at radius 3 is 2.00 bits per heavy atom. The van der Waals surface area contributed by atoms with Gasteiger partial charge in [-0.25, -0.2) is 0 Å². The summed E-state index contributed by atoms with van der Waals surface area (Å²) in [6, 6.07) is 0. The number of rotatable bonds is 5. The van der Waals surface area contributed by atoms with E-state index < -0.39 is 48.6 Å². The van der Waals surface area contributed by atoms with Crippen LogP contribution in [-0.4, -0.2) is 67.4 Å². The maximum atomic E-state index is 11.2. The summed E-state index contributed by atoms with van der Waals surface area (Å²) in [6.07, 6.45) is -5.79. The lowest BCUT2D eigenvalue weighted by atomic mass is 9.98. The summed E-state index contributed by atoms with van der Waals surface area (Å²) in [7, 11) is 1.30. The van der Waals surface area contributed by atoms with Gasteiger partial charge in [0.15, 0.2) is 18.5 Å². The molecule has 0 aliphatic carbocycles. The number of hydrogen-bond donors (Lipinski definition) is 1. The van der Waals surface area contributed by atoms with Crippen molar-refractivity contribution in [3.63, 3.8) is 0 Å². The zero-order chi connectivity index (χ0) is 16.9. The zero-order valence-electron chi connectivity index (χ0n) is 12.8. The second kappa shape index (κ2) is 8.06. The molecule has 1 fully saturated rings. The average molecular weight is 320 g/mol. The normalized spacial score (nSPS) is 31.2. The Kier molecular flexibility index (Phi) is 6.72. The van der Waals surface area contributed by atoms with Crippen LogP contribution in [0.2, 0.25) is 0 Å². The highest BCUT2D eigenvalue weighted by Gasteiger charge is 2.49. The molecule has 1 saturated heterocycles. The SMILES string of the molecule is CO[C@H]1O[C@H](COC(C)=O)[C@H](O)[C@H](OC(C)=O)[C@H]1OC(C)=O. The van der Waals surface area contributed by atoms with Crippen molar-refractivity contribution in [2.45, 2.75) is 51.5 Å². The largest absolute Gasteiger partial charge is 0.463 e. The van der Waals surface area contributed by atoms with Gasteiger partial charge in [-0.3, -0.25) is 14.4 Å². The molecule has 0 radical (unpaired) electrons. The van der Waals surface area contributed by atoms with Crippen molar-refractivity contribution in [2.75, 3.05) is 13.7 Å². The molecule has 0 aromatic carbocycles. The first kappa shape index (κ1) is 18.3. The molecular weight excluding hydrogens is 300 g/mol. The fourth-order valence-corrected chi connectivity index (χ4v) is 2.06. The van der Waals surface area contributed by atoms with E-state index in [1.165, 1.54) is 14.0 Å². The summed E-state index contributed by atoms with van der Waals surface area (Å²) in [4.78, 5) is 33.3. The Labute approximate surface area is 127 Å². The Balaban J connectivity index is 2.95. The van der Waals surface area contributed by atoms with Crippen molar-refractivity contribution in [1.82, 2.24) is 0 Å². The third-order valence-corrected chi connectivity index (χ3v) is 2.91. The van der Waals surface area contributed by atoms with Gasteiger partial charge in [-0.1, -0.05) is 0 Å². The number of esters is 3. The Morgan fingerprint density at radius 2 is 1.55 bits per heavy atom. The van der Waals surface area contributed by atoms with Crippen LogP contribution in [0.4, 0.5) is 0 Å². The van der Waals surface area contributed by atoms with E-state index in [0.717, 1.165) is 13.8 Å². The minimum absolute atomic E-state index is 0.263. The molecule has 0 unspecified atom stereocenters. The van der Waals surface area contributed by atoms with Crippen LogP contribution in [0.5, 0.6) is 0 Å². The predicted octanol–water partition coefficient (Wildman–Crippen LogP) is -0.855. The molecule has 0 saturated carbocycles. The van der Waals surface area contributed by atoms with Crippen molar-refractivity contribution in [3.05, 3.63) is 0 Å². The molecule has 0 bridgehead atoms. The molecule has 22 heavy (non-hydrogen) atoms. The van der Waals surface area contributed by atoms with Gasteiger partial charge in [0, 0.05) is 27.9 Å². The van der Waals surface area contributed by atoms with E-state index in [1.807, 2.05) is 0 Å². The van der Waals surface area contributed by atoms with Crippen LogP contribution >= 0.6 is 0 Å². The van der Waals surface area contributed by atoms with Crippen molar-refractivity contribution in [3.8, 4) is 0 Å². The first-order valence-corrected chi connectivity index (χ1v) is 6.60. The first-order valence-electron chi connectivity index (χ1n) is 6.60. The molecule has 0 spiro atoms. The fourth-order valence-electron chi connectivity index (χ4n) is 2.06. The molecule has 9 nitrogen and oxygen atoms in total. The van der Waals surface area contributed by atoms with Crippen LogP contribution in [0.25, 0.3) is 0 Å². The van der Waals surface area contributed by atoms with Crippen LogP contribution in [0.1, 0.15) is 20.8 Å². The van der Waals surface area contributed by atoms with Crippen LogP contribution in [0, 0.1) is 0 Å². The van der Waals surface area contributed by atoms with E-state index in [4.69, 9.17) is 23.7 Å². The lowest BCUT2D eigenvalue weighted by Gasteiger charge is -2.42. The number of aliphatic hydroxyl groups excluding tert-OH is 1. The number of ether oxygens (including phenoxy) is 5. The Hall–Kier alpha value is -1.71. The van der Waals surface area contributed by atoms with Crippen LogP contribution in [-0.2, 0) is 38.1 Å². The van der Waals surface area contributed by atoms with E-state index in [-0.39, 0.29) is 6.61 Å². The number of hydrogen-bond acceptors (Lipinski definition) is 9. The minimum Gasteiger partial charge on any atom is -0.463 e. The molecule has 0 amide bonds. The van der Waals surface area contributed by atoms with Gasteiger partial charge in [-0.2, -0.15) is 0 Å². The summed E-state index contributed by atoms with van der Waals surface area (Å²) >= 11 is 0. The molecular formula is C13H20O9. The van der Waals surface area contributed by atoms with Crippen LogP contribution in [0.3, 0.4) is 0 Å². The van der Waals surface area contributed by atoms with Gasteiger partial charge in [0.1, 0.15) is 18.8 Å². The molecule has 1 rings (SSSR count). The highest BCUT2D eigenvalue weighted by Crippen LogP contribution is 2.27. The van der Waals surface area contributed by atoms with Gasteiger partial charge in [-0.15, -0.1) is 0 Å².